The van der Waals surface area contributed by atoms with Crippen molar-refractivity contribution < 1.29 is 18.7 Å². The second kappa shape index (κ2) is 12.4. The summed E-state index contributed by atoms with van der Waals surface area (Å²) >= 11 is 0. The highest BCUT2D eigenvalue weighted by atomic mass is 16.5. The third-order valence-corrected chi connectivity index (χ3v) is 4.99. The van der Waals surface area contributed by atoms with Crippen molar-refractivity contribution >= 4 is 11.8 Å². The molecule has 32 heavy (non-hydrogen) atoms. The molecule has 0 aliphatic rings. The average Bonchev–Trinajstić information content (AvgIpc) is 3.13. The highest BCUT2D eigenvalue weighted by Crippen LogP contribution is 2.20. The smallest absolute Gasteiger partial charge is 0.242 e. The first-order chi connectivity index (χ1) is 15.2. The van der Waals surface area contributed by atoms with E-state index in [-0.39, 0.29) is 23.8 Å². The number of nitrogens with zero attached hydrogens (tertiary/aromatic N) is 2. The molecule has 0 saturated heterocycles. The summed E-state index contributed by atoms with van der Waals surface area (Å²) < 4.78 is 11.2. The zero-order valence-electron chi connectivity index (χ0n) is 20.2. The van der Waals surface area contributed by atoms with Gasteiger partial charge in [-0.2, -0.15) is 0 Å². The molecular weight excluding hydrogens is 404 g/mol. The summed E-state index contributed by atoms with van der Waals surface area (Å²) in [4.78, 5) is 29.8. The summed E-state index contributed by atoms with van der Waals surface area (Å²) in [6.45, 7) is 12.5. The van der Waals surface area contributed by atoms with E-state index in [0.29, 0.717) is 45.7 Å². The number of hydrogen-bond donors (Lipinski definition) is 0. The predicted octanol–water partition coefficient (Wildman–Crippen LogP) is 4.81. The number of carbonyl (C=O) groups is 2. The fourth-order valence-corrected chi connectivity index (χ4v) is 3.42. The summed E-state index contributed by atoms with van der Waals surface area (Å²) in [5, 5.41) is 0. The van der Waals surface area contributed by atoms with Crippen LogP contribution in [0.1, 0.15) is 57.6 Å². The van der Waals surface area contributed by atoms with E-state index in [2.05, 4.69) is 0 Å². The third kappa shape index (κ3) is 9.27. The molecule has 0 aliphatic carbocycles. The molecule has 176 valence electrons. The molecule has 0 bridgehead atoms. The minimum absolute atomic E-state index is 0.00384. The number of hydrogen-bond acceptors (Lipinski definition) is 4. The Morgan fingerprint density at radius 2 is 1.69 bits per heavy atom. The van der Waals surface area contributed by atoms with Gasteiger partial charge in [0.15, 0.2) is 0 Å². The van der Waals surface area contributed by atoms with Crippen molar-refractivity contribution in [2.75, 3.05) is 26.3 Å². The van der Waals surface area contributed by atoms with Gasteiger partial charge in [0.1, 0.15) is 11.5 Å². The molecule has 2 rings (SSSR count). The quantitative estimate of drug-likeness (QED) is 0.443. The average molecular weight is 443 g/mol. The number of benzene rings is 1. The molecule has 0 radical (unpaired) electrons. The predicted molar refractivity (Wildman–Crippen MR) is 126 cm³/mol. The van der Waals surface area contributed by atoms with Crippen LogP contribution in [0, 0.1) is 12.3 Å². The second-order valence-electron chi connectivity index (χ2n) is 9.35. The van der Waals surface area contributed by atoms with E-state index in [1.54, 1.807) is 9.80 Å². The second-order valence-corrected chi connectivity index (χ2v) is 9.35. The molecular formula is C26H38N2O4. The number of carbonyl (C=O) groups excluding carboxylic acids is 2. The van der Waals surface area contributed by atoms with E-state index >= 15 is 0 Å². The van der Waals surface area contributed by atoms with Crippen LogP contribution in [0.2, 0.25) is 0 Å². The molecule has 0 atom stereocenters. The number of rotatable bonds is 12. The Hall–Kier alpha value is -2.60. The van der Waals surface area contributed by atoms with Crippen molar-refractivity contribution in [2.45, 2.75) is 60.5 Å². The highest BCUT2D eigenvalue weighted by Gasteiger charge is 2.25. The van der Waals surface area contributed by atoms with Crippen LogP contribution in [-0.2, 0) is 27.4 Å². The minimum Gasteiger partial charge on any atom is -0.464 e. The van der Waals surface area contributed by atoms with E-state index in [1.807, 2.05) is 77.1 Å². The first-order valence-electron chi connectivity index (χ1n) is 11.4. The first kappa shape index (κ1) is 25.7. The van der Waals surface area contributed by atoms with Crippen molar-refractivity contribution in [2.24, 2.45) is 5.41 Å². The molecule has 6 nitrogen and oxygen atoms in total. The zero-order chi connectivity index (χ0) is 23.6. The Kier molecular flexibility index (Phi) is 9.97. The maximum atomic E-state index is 13.4. The lowest BCUT2D eigenvalue weighted by Gasteiger charge is -2.29. The fraction of sp³-hybridized carbons (Fsp3) is 0.538. The third-order valence-electron chi connectivity index (χ3n) is 4.99. The van der Waals surface area contributed by atoms with Crippen molar-refractivity contribution in [3.63, 3.8) is 0 Å². The topological polar surface area (TPSA) is 63.0 Å². The van der Waals surface area contributed by atoms with Crippen LogP contribution in [0.4, 0.5) is 0 Å². The molecule has 6 heteroatoms. The summed E-state index contributed by atoms with van der Waals surface area (Å²) in [5.74, 6) is 1.44. The first-order valence-corrected chi connectivity index (χ1v) is 11.4. The van der Waals surface area contributed by atoms with Crippen LogP contribution in [-0.4, -0.2) is 47.9 Å². The van der Waals surface area contributed by atoms with Crippen LogP contribution in [0.5, 0.6) is 0 Å². The van der Waals surface area contributed by atoms with E-state index in [0.717, 1.165) is 17.1 Å². The zero-order valence-corrected chi connectivity index (χ0v) is 20.2. The molecule has 1 aromatic carbocycles. The fourth-order valence-electron chi connectivity index (χ4n) is 3.42. The van der Waals surface area contributed by atoms with Crippen LogP contribution in [0.15, 0.2) is 46.9 Å². The van der Waals surface area contributed by atoms with Gasteiger partial charge in [0.05, 0.1) is 13.1 Å². The summed E-state index contributed by atoms with van der Waals surface area (Å²) in [7, 11) is 0. The number of amides is 2. The Labute approximate surface area is 192 Å². The summed E-state index contributed by atoms with van der Waals surface area (Å²) in [5.41, 5.74) is 0.890. The standard InChI is InChI=1S/C26H38N2O4/c1-6-31-16-10-15-27(24(29)17-26(3,4)5)20-25(30)28(18-22-11-8-7-9-12-22)19-23-14-13-21(2)32-23/h7-9,11-14H,6,10,15-20H2,1-5H3. The van der Waals surface area contributed by atoms with Crippen LogP contribution in [0.3, 0.4) is 0 Å². The number of aryl methyl sites for hydroxylation is 1. The molecule has 2 aromatic rings. The Morgan fingerprint density at radius 1 is 0.969 bits per heavy atom. The minimum atomic E-state index is -0.145. The van der Waals surface area contributed by atoms with Crippen LogP contribution in [0.25, 0.3) is 0 Å². The van der Waals surface area contributed by atoms with Gasteiger partial charge < -0.3 is 19.0 Å². The molecule has 0 N–H and O–H groups in total. The Bertz CT molecular complexity index is 839. The summed E-state index contributed by atoms with van der Waals surface area (Å²) in [6.07, 6.45) is 1.10. The van der Waals surface area contributed by atoms with Crippen molar-refractivity contribution in [1.29, 1.82) is 0 Å². The SMILES string of the molecule is CCOCCCN(CC(=O)N(Cc1ccccc1)Cc1ccc(C)o1)C(=O)CC(C)(C)C. The van der Waals surface area contributed by atoms with Gasteiger partial charge in [-0.1, -0.05) is 51.1 Å². The lowest BCUT2D eigenvalue weighted by molar-refractivity contribution is -0.142. The maximum Gasteiger partial charge on any atom is 0.242 e. The molecule has 0 saturated carbocycles. The van der Waals surface area contributed by atoms with Gasteiger partial charge in [-0.05, 0) is 43.4 Å². The van der Waals surface area contributed by atoms with E-state index in [9.17, 15) is 9.59 Å². The molecule has 1 heterocycles. The van der Waals surface area contributed by atoms with Gasteiger partial charge in [-0.15, -0.1) is 0 Å². The molecule has 0 aliphatic heterocycles. The molecule has 1 aromatic heterocycles. The van der Waals surface area contributed by atoms with Crippen molar-refractivity contribution in [3.05, 3.63) is 59.5 Å². The largest absolute Gasteiger partial charge is 0.464 e. The molecule has 0 spiro atoms. The molecule has 2 amide bonds. The number of furan rings is 1. The van der Waals surface area contributed by atoms with Gasteiger partial charge in [0, 0.05) is 32.7 Å². The van der Waals surface area contributed by atoms with Crippen LogP contribution >= 0.6 is 0 Å². The maximum absolute atomic E-state index is 13.4. The lowest BCUT2D eigenvalue weighted by atomic mass is 9.91. The highest BCUT2D eigenvalue weighted by molar-refractivity contribution is 5.85. The van der Waals surface area contributed by atoms with Crippen LogP contribution < -0.4 is 0 Å². The van der Waals surface area contributed by atoms with Crippen molar-refractivity contribution in [1.82, 2.24) is 9.80 Å². The Balaban J connectivity index is 2.15. The van der Waals surface area contributed by atoms with E-state index < -0.39 is 0 Å². The Morgan fingerprint density at radius 3 is 2.28 bits per heavy atom. The summed E-state index contributed by atoms with van der Waals surface area (Å²) in [6, 6.07) is 13.7. The monoisotopic (exact) mass is 442 g/mol. The van der Waals surface area contributed by atoms with Gasteiger partial charge >= 0.3 is 0 Å². The van der Waals surface area contributed by atoms with Gasteiger partial charge in [0.2, 0.25) is 11.8 Å². The van der Waals surface area contributed by atoms with Gasteiger partial charge in [-0.25, -0.2) is 0 Å². The van der Waals surface area contributed by atoms with Crippen molar-refractivity contribution in [3.8, 4) is 0 Å². The number of ether oxygens (including phenoxy) is 1. The molecule has 0 fully saturated rings. The van der Waals surface area contributed by atoms with E-state index in [1.165, 1.54) is 0 Å². The lowest BCUT2D eigenvalue weighted by Crippen LogP contribution is -2.44. The van der Waals surface area contributed by atoms with Gasteiger partial charge in [0.25, 0.3) is 0 Å². The van der Waals surface area contributed by atoms with Gasteiger partial charge in [-0.3, -0.25) is 9.59 Å². The van der Waals surface area contributed by atoms with E-state index in [4.69, 9.17) is 9.15 Å². The molecule has 0 unspecified atom stereocenters. The normalized spacial score (nSPS) is 11.4.